The Kier molecular flexibility index (Phi) is 4.21. The third-order valence-corrected chi connectivity index (χ3v) is 4.97. The number of rotatable bonds is 4. The van der Waals surface area contributed by atoms with Crippen molar-refractivity contribution in [3.8, 4) is 21.6 Å². The van der Waals surface area contributed by atoms with Crippen LogP contribution in [0.1, 0.15) is 31.7 Å². The van der Waals surface area contributed by atoms with E-state index in [1.807, 2.05) is 11.3 Å². The first kappa shape index (κ1) is 14.1. The molecule has 2 aromatic carbocycles. The van der Waals surface area contributed by atoms with Gasteiger partial charge in [0.05, 0.1) is 0 Å². The summed E-state index contributed by atoms with van der Waals surface area (Å²) in [6.07, 6.45) is 1.17. The van der Waals surface area contributed by atoms with Gasteiger partial charge in [-0.2, -0.15) is 0 Å². The van der Waals surface area contributed by atoms with Crippen molar-refractivity contribution >= 4 is 11.3 Å². The Bertz CT molecular complexity index is 696. The van der Waals surface area contributed by atoms with E-state index in [2.05, 4.69) is 79.9 Å². The average Bonchev–Trinajstić information content (AvgIpc) is 3.09. The van der Waals surface area contributed by atoms with Gasteiger partial charge in [0.2, 0.25) is 0 Å². The maximum atomic E-state index is 2.35. The van der Waals surface area contributed by atoms with Crippen molar-refractivity contribution in [2.24, 2.45) is 0 Å². The topological polar surface area (TPSA) is 0 Å². The standard InChI is InChI=1S/C20H20S/c1-3-15(2)17-12-18(16-8-5-4-6-9-16)14-19(13-17)20-10-7-11-21-20/h4-15H,3H2,1-2H3. The van der Waals surface area contributed by atoms with Crippen LogP contribution in [-0.4, -0.2) is 0 Å². The van der Waals surface area contributed by atoms with E-state index in [0.29, 0.717) is 5.92 Å². The van der Waals surface area contributed by atoms with Crippen molar-refractivity contribution < 1.29 is 0 Å². The van der Waals surface area contributed by atoms with Crippen molar-refractivity contribution in [3.63, 3.8) is 0 Å². The van der Waals surface area contributed by atoms with Gasteiger partial charge in [0.25, 0.3) is 0 Å². The molecule has 0 N–H and O–H groups in total. The molecule has 0 bridgehead atoms. The van der Waals surface area contributed by atoms with Crippen LogP contribution in [0.5, 0.6) is 0 Å². The van der Waals surface area contributed by atoms with E-state index in [-0.39, 0.29) is 0 Å². The van der Waals surface area contributed by atoms with Crippen LogP contribution in [0.2, 0.25) is 0 Å². The number of thiophene rings is 1. The third kappa shape index (κ3) is 3.08. The molecule has 0 spiro atoms. The minimum Gasteiger partial charge on any atom is -0.144 e. The molecular formula is C20H20S. The summed E-state index contributed by atoms with van der Waals surface area (Å²) in [6.45, 7) is 4.56. The van der Waals surface area contributed by atoms with Crippen LogP contribution in [0.3, 0.4) is 0 Å². The second-order valence-electron chi connectivity index (χ2n) is 5.50. The van der Waals surface area contributed by atoms with E-state index in [1.54, 1.807) is 0 Å². The normalized spacial score (nSPS) is 12.3. The maximum Gasteiger partial charge on any atom is 0.0343 e. The molecule has 106 valence electrons. The Morgan fingerprint density at radius 1 is 0.857 bits per heavy atom. The molecule has 0 fully saturated rings. The van der Waals surface area contributed by atoms with Crippen molar-refractivity contribution in [2.75, 3.05) is 0 Å². The summed E-state index contributed by atoms with van der Waals surface area (Å²) in [5, 5.41) is 2.15. The van der Waals surface area contributed by atoms with Crippen LogP contribution in [0.4, 0.5) is 0 Å². The summed E-state index contributed by atoms with van der Waals surface area (Å²) in [5.41, 5.74) is 5.38. The lowest BCUT2D eigenvalue weighted by Crippen LogP contribution is -1.93. The lowest BCUT2D eigenvalue weighted by Gasteiger charge is -2.14. The molecule has 0 aliphatic carbocycles. The van der Waals surface area contributed by atoms with Gasteiger partial charge in [-0.1, -0.05) is 62.4 Å². The van der Waals surface area contributed by atoms with Gasteiger partial charge in [-0.05, 0) is 52.1 Å². The zero-order chi connectivity index (χ0) is 14.7. The molecule has 0 radical (unpaired) electrons. The fourth-order valence-corrected chi connectivity index (χ4v) is 3.27. The molecule has 0 saturated heterocycles. The molecule has 1 unspecified atom stereocenters. The van der Waals surface area contributed by atoms with Crippen molar-refractivity contribution in [1.29, 1.82) is 0 Å². The van der Waals surface area contributed by atoms with Crippen molar-refractivity contribution in [1.82, 2.24) is 0 Å². The summed E-state index contributed by atoms with van der Waals surface area (Å²) >= 11 is 1.81. The highest BCUT2D eigenvalue weighted by atomic mass is 32.1. The predicted octanol–water partition coefficient (Wildman–Crippen LogP) is 6.60. The highest BCUT2D eigenvalue weighted by Gasteiger charge is 2.09. The van der Waals surface area contributed by atoms with Gasteiger partial charge >= 0.3 is 0 Å². The van der Waals surface area contributed by atoms with Gasteiger partial charge in [0, 0.05) is 4.88 Å². The minimum atomic E-state index is 0.590. The molecule has 0 aliphatic heterocycles. The molecule has 0 saturated carbocycles. The first-order chi connectivity index (χ1) is 10.3. The monoisotopic (exact) mass is 292 g/mol. The molecule has 1 atom stereocenters. The molecule has 0 aliphatic rings. The van der Waals surface area contributed by atoms with Crippen LogP contribution >= 0.6 is 11.3 Å². The van der Waals surface area contributed by atoms with Gasteiger partial charge < -0.3 is 0 Å². The highest BCUT2D eigenvalue weighted by molar-refractivity contribution is 7.13. The van der Waals surface area contributed by atoms with Gasteiger partial charge in [-0.3, -0.25) is 0 Å². The van der Waals surface area contributed by atoms with Crippen LogP contribution < -0.4 is 0 Å². The lowest BCUT2D eigenvalue weighted by molar-refractivity contribution is 0.734. The summed E-state index contributed by atoms with van der Waals surface area (Å²) in [4.78, 5) is 1.34. The minimum absolute atomic E-state index is 0.590. The van der Waals surface area contributed by atoms with Crippen molar-refractivity contribution in [2.45, 2.75) is 26.2 Å². The number of benzene rings is 2. The Balaban J connectivity index is 2.14. The quantitative estimate of drug-likeness (QED) is 0.508. The first-order valence-corrected chi connectivity index (χ1v) is 8.40. The fraction of sp³-hybridized carbons (Fsp3) is 0.200. The molecule has 3 aromatic rings. The van der Waals surface area contributed by atoms with Crippen LogP contribution in [0, 0.1) is 0 Å². The van der Waals surface area contributed by atoms with E-state index in [0.717, 1.165) is 0 Å². The molecule has 3 rings (SSSR count). The molecule has 1 heteroatoms. The predicted molar refractivity (Wildman–Crippen MR) is 93.9 cm³/mol. The van der Waals surface area contributed by atoms with Gasteiger partial charge in [-0.25, -0.2) is 0 Å². The second-order valence-corrected chi connectivity index (χ2v) is 6.44. The second kappa shape index (κ2) is 6.28. The van der Waals surface area contributed by atoms with Crippen LogP contribution in [0.15, 0.2) is 66.0 Å². The molecule has 1 aromatic heterocycles. The highest BCUT2D eigenvalue weighted by Crippen LogP contribution is 2.33. The summed E-state index contributed by atoms with van der Waals surface area (Å²) in [7, 11) is 0. The van der Waals surface area contributed by atoms with Crippen LogP contribution in [-0.2, 0) is 0 Å². The molecular weight excluding hydrogens is 272 g/mol. The van der Waals surface area contributed by atoms with Gasteiger partial charge in [0.15, 0.2) is 0 Å². The van der Waals surface area contributed by atoms with E-state index in [1.165, 1.54) is 33.6 Å². The lowest BCUT2D eigenvalue weighted by atomic mass is 9.92. The SMILES string of the molecule is CCC(C)c1cc(-c2ccccc2)cc(-c2cccs2)c1. The van der Waals surface area contributed by atoms with E-state index in [4.69, 9.17) is 0 Å². The first-order valence-electron chi connectivity index (χ1n) is 7.52. The fourth-order valence-electron chi connectivity index (χ4n) is 2.55. The number of hydrogen-bond donors (Lipinski definition) is 0. The zero-order valence-electron chi connectivity index (χ0n) is 12.5. The Morgan fingerprint density at radius 2 is 1.62 bits per heavy atom. The van der Waals surface area contributed by atoms with Gasteiger partial charge in [-0.15, -0.1) is 11.3 Å². The molecule has 1 heterocycles. The third-order valence-electron chi connectivity index (χ3n) is 4.05. The largest absolute Gasteiger partial charge is 0.144 e. The smallest absolute Gasteiger partial charge is 0.0343 e. The summed E-state index contributed by atoms with van der Waals surface area (Å²) < 4.78 is 0. The van der Waals surface area contributed by atoms with Gasteiger partial charge in [0.1, 0.15) is 0 Å². The Labute approximate surface area is 131 Å². The summed E-state index contributed by atoms with van der Waals surface area (Å²) in [6, 6.07) is 22.0. The Hall–Kier alpha value is -1.86. The van der Waals surface area contributed by atoms with E-state index >= 15 is 0 Å². The Morgan fingerprint density at radius 3 is 2.29 bits per heavy atom. The number of hydrogen-bond acceptors (Lipinski definition) is 1. The zero-order valence-corrected chi connectivity index (χ0v) is 13.4. The molecule has 21 heavy (non-hydrogen) atoms. The summed E-state index contributed by atoms with van der Waals surface area (Å²) in [5.74, 6) is 0.590. The molecule has 0 nitrogen and oxygen atoms in total. The average molecular weight is 292 g/mol. The van der Waals surface area contributed by atoms with Crippen molar-refractivity contribution in [3.05, 3.63) is 71.6 Å². The van der Waals surface area contributed by atoms with Crippen LogP contribution in [0.25, 0.3) is 21.6 Å². The molecule has 0 amide bonds. The maximum absolute atomic E-state index is 2.35. The van der Waals surface area contributed by atoms with E-state index < -0.39 is 0 Å². The van der Waals surface area contributed by atoms with E-state index in [9.17, 15) is 0 Å².